The molecule has 0 amide bonds. The van der Waals surface area contributed by atoms with Crippen LogP contribution in [0, 0.1) is 0 Å². The molecule has 0 N–H and O–H groups in total. The molecule has 2 heterocycles. The molecule has 0 saturated carbocycles. The second-order valence-electron chi connectivity index (χ2n) is 3.84. The summed E-state index contributed by atoms with van der Waals surface area (Å²) in [6, 6.07) is 9.86. The average molecular weight is 310 g/mol. The summed E-state index contributed by atoms with van der Waals surface area (Å²) in [5, 5.41) is 7.68. The summed E-state index contributed by atoms with van der Waals surface area (Å²) in [7, 11) is 0. The van der Waals surface area contributed by atoms with Crippen molar-refractivity contribution in [2.24, 2.45) is 0 Å². The van der Waals surface area contributed by atoms with E-state index in [4.69, 9.17) is 23.2 Å². The van der Waals surface area contributed by atoms with Gasteiger partial charge in [-0.25, -0.2) is 4.98 Å². The fourth-order valence-corrected chi connectivity index (χ4v) is 3.07. The summed E-state index contributed by atoms with van der Waals surface area (Å²) < 4.78 is 1.63. The molecule has 3 rings (SSSR count). The summed E-state index contributed by atoms with van der Waals surface area (Å²) in [6.45, 7) is 0. The van der Waals surface area contributed by atoms with E-state index < -0.39 is 0 Å². The van der Waals surface area contributed by atoms with E-state index in [9.17, 15) is 0 Å². The zero-order chi connectivity index (χ0) is 13.2. The molecule has 0 radical (unpaired) electrons. The molecule has 19 heavy (non-hydrogen) atoms. The predicted octanol–water partition coefficient (Wildman–Crippen LogP) is 4.39. The Kier molecular flexibility index (Phi) is 3.55. The summed E-state index contributed by atoms with van der Waals surface area (Å²) >= 11 is 13.8. The number of alkyl halides is 1. The Labute approximate surface area is 124 Å². The minimum Gasteiger partial charge on any atom is -0.227 e. The Hall–Kier alpha value is -1.36. The molecule has 0 bridgehead atoms. The van der Waals surface area contributed by atoms with E-state index >= 15 is 0 Å². The fraction of sp³-hybridized carbons (Fsp3) is 0.0769. The molecule has 3 aromatic rings. The monoisotopic (exact) mass is 309 g/mol. The fourth-order valence-electron chi connectivity index (χ4n) is 1.82. The molecule has 0 unspecified atom stereocenters. The van der Waals surface area contributed by atoms with Crippen LogP contribution in [-0.4, -0.2) is 14.8 Å². The SMILES string of the molecule is ClCc1c(-c2ccccc2)nn(-c2nccs2)c1Cl. The van der Waals surface area contributed by atoms with Crippen LogP contribution in [0.2, 0.25) is 5.15 Å². The largest absolute Gasteiger partial charge is 0.227 e. The topological polar surface area (TPSA) is 30.7 Å². The van der Waals surface area contributed by atoms with Gasteiger partial charge in [0, 0.05) is 22.7 Å². The van der Waals surface area contributed by atoms with E-state index in [0.717, 1.165) is 22.0 Å². The number of rotatable bonds is 3. The van der Waals surface area contributed by atoms with Gasteiger partial charge in [-0.05, 0) is 0 Å². The normalized spacial score (nSPS) is 10.8. The molecule has 0 aliphatic heterocycles. The highest BCUT2D eigenvalue weighted by Crippen LogP contribution is 2.32. The van der Waals surface area contributed by atoms with Gasteiger partial charge in [0.1, 0.15) is 5.15 Å². The van der Waals surface area contributed by atoms with Gasteiger partial charge in [-0.2, -0.15) is 9.78 Å². The Bertz CT molecular complexity index is 677. The van der Waals surface area contributed by atoms with E-state index in [0.29, 0.717) is 11.0 Å². The minimum atomic E-state index is 0.314. The van der Waals surface area contributed by atoms with Gasteiger partial charge in [0.2, 0.25) is 5.13 Å². The maximum absolute atomic E-state index is 6.35. The van der Waals surface area contributed by atoms with Crippen LogP contribution in [0.15, 0.2) is 41.9 Å². The van der Waals surface area contributed by atoms with E-state index in [1.165, 1.54) is 11.3 Å². The maximum Gasteiger partial charge on any atom is 0.211 e. The maximum atomic E-state index is 6.35. The summed E-state index contributed by atoms with van der Waals surface area (Å²) in [6.07, 6.45) is 1.72. The van der Waals surface area contributed by atoms with Crippen molar-refractivity contribution >= 4 is 34.5 Å². The highest BCUT2D eigenvalue weighted by atomic mass is 35.5. The number of nitrogens with zero attached hydrogens (tertiary/aromatic N) is 3. The summed E-state index contributed by atoms with van der Waals surface area (Å²) in [5.41, 5.74) is 2.62. The van der Waals surface area contributed by atoms with Gasteiger partial charge >= 0.3 is 0 Å². The molecule has 0 atom stereocenters. The molecule has 6 heteroatoms. The van der Waals surface area contributed by atoms with Gasteiger partial charge in [0.25, 0.3) is 0 Å². The van der Waals surface area contributed by atoms with Crippen LogP contribution in [0.5, 0.6) is 0 Å². The Balaban J connectivity index is 2.19. The first-order chi connectivity index (χ1) is 9.31. The van der Waals surface area contributed by atoms with E-state index in [1.54, 1.807) is 10.9 Å². The lowest BCUT2D eigenvalue weighted by Gasteiger charge is -1.98. The van der Waals surface area contributed by atoms with Gasteiger partial charge < -0.3 is 0 Å². The smallest absolute Gasteiger partial charge is 0.211 e. The first kappa shape index (κ1) is 12.7. The van der Waals surface area contributed by atoms with Crippen molar-refractivity contribution < 1.29 is 0 Å². The van der Waals surface area contributed by atoms with E-state index in [1.807, 2.05) is 35.7 Å². The van der Waals surface area contributed by atoms with Crippen LogP contribution in [0.25, 0.3) is 16.4 Å². The molecule has 0 aliphatic rings. The molecule has 0 fully saturated rings. The van der Waals surface area contributed by atoms with Crippen LogP contribution in [-0.2, 0) is 5.88 Å². The molecule has 96 valence electrons. The van der Waals surface area contributed by atoms with Crippen molar-refractivity contribution in [3.8, 4) is 16.4 Å². The lowest BCUT2D eigenvalue weighted by molar-refractivity contribution is 0.873. The lowest BCUT2D eigenvalue weighted by Crippen LogP contribution is -1.95. The number of aromatic nitrogens is 3. The second-order valence-corrected chi connectivity index (χ2v) is 5.34. The quantitative estimate of drug-likeness (QED) is 0.672. The van der Waals surface area contributed by atoms with Crippen molar-refractivity contribution in [2.45, 2.75) is 5.88 Å². The molecule has 2 aromatic heterocycles. The van der Waals surface area contributed by atoms with Crippen molar-refractivity contribution in [3.05, 3.63) is 52.6 Å². The van der Waals surface area contributed by atoms with Gasteiger partial charge in [0.05, 0.1) is 11.6 Å². The van der Waals surface area contributed by atoms with Crippen LogP contribution >= 0.6 is 34.5 Å². The van der Waals surface area contributed by atoms with E-state index in [-0.39, 0.29) is 0 Å². The number of hydrogen-bond acceptors (Lipinski definition) is 3. The third-order valence-corrected chi connectivity index (χ3v) is 4.10. The van der Waals surface area contributed by atoms with Crippen molar-refractivity contribution in [1.29, 1.82) is 0 Å². The standard InChI is InChI=1S/C13H9Cl2N3S/c14-8-10-11(9-4-2-1-3-5-9)17-18(12(10)15)13-16-6-7-19-13/h1-7H,8H2. The molecule has 3 nitrogen and oxygen atoms in total. The molecule has 0 saturated heterocycles. The molecule has 0 aliphatic carbocycles. The van der Waals surface area contributed by atoms with Gasteiger partial charge in [-0.3, -0.25) is 0 Å². The second kappa shape index (κ2) is 5.33. The third-order valence-electron chi connectivity index (χ3n) is 2.70. The zero-order valence-corrected chi connectivity index (χ0v) is 12.1. The van der Waals surface area contributed by atoms with Crippen LogP contribution in [0.3, 0.4) is 0 Å². The predicted molar refractivity (Wildman–Crippen MR) is 79.2 cm³/mol. The number of benzene rings is 1. The molecule has 1 aromatic carbocycles. The highest BCUT2D eigenvalue weighted by molar-refractivity contribution is 7.12. The number of halogens is 2. The van der Waals surface area contributed by atoms with Crippen molar-refractivity contribution in [3.63, 3.8) is 0 Å². The number of hydrogen-bond donors (Lipinski definition) is 0. The van der Waals surface area contributed by atoms with Crippen molar-refractivity contribution in [2.75, 3.05) is 0 Å². The average Bonchev–Trinajstić information content (AvgIpc) is 3.07. The Morgan fingerprint density at radius 2 is 2.00 bits per heavy atom. The zero-order valence-electron chi connectivity index (χ0n) is 9.75. The van der Waals surface area contributed by atoms with Crippen LogP contribution in [0.4, 0.5) is 0 Å². The first-order valence-corrected chi connectivity index (χ1v) is 7.39. The van der Waals surface area contributed by atoms with E-state index in [2.05, 4.69) is 10.1 Å². The Morgan fingerprint density at radius 1 is 1.21 bits per heavy atom. The summed E-state index contributed by atoms with van der Waals surface area (Å²) in [5.74, 6) is 0.314. The minimum absolute atomic E-state index is 0.314. The van der Waals surface area contributed by atoms with Gasteiger partial charge in [-0.15, -0.1) is 22.9 Å². The molecular formula is C13H9Cl2N3S. The Morgan fingerprint density at radius 3 is 2.63 bits per heavy atom. The summed E-state index contributed by atoms with van der Waals surface area (Å²) in [4.78, 5) is 4.22. The molecule has 0 spiro atoms. The van der Waals surface area contributed by atoms with Gasteiger partial charge in [0.15, 0.2) is 0 Å². The highest BCUT2D eigenvalue weighted by Gasteiger charge is 2.18. The van der Waals surface area contributed by atoms with Crippen LogP contribution < -0.4 is 0 Å². The van der Waals surface area contributed by atoms with Gasteiger partial charge in [-0.1, -0.05) is 41.9 Å². The molecular weight excluding hydrogens is 301 g/mol. The lowest BCUT2D eigenvalue weighted by atomic mass is 10.1. The number of thiazole rings is 1. The third kappa shape index (κ3) is 2.27. The first-order valence-electron chi connectivity index (χ1n) is 5.60. The van der Waals surface area contributed by atoms with Crippen molar-refractivity contribution in [1.82, 2.24) is 14.8 Å². The van der Waals surface area contributed by atoms with Crippen LogP contribution in [0.1, 0.15) is 5.56 Å².